The Hall–Kier alpha value is -1.47. The summed E-state index contributed by atoms with van der Waals surface area (Å²) in [5.41, 5.74) is -1.09. The number of nitrogens with zero attached hydrogens (tertiary/aromatic N) is 1. The first kappa shape index (κ1) is 14.9. The standard InChI is InChI=1S/C13H17BFNO4/c1-8-10(15)6-9(7-11(8)16(17)18)14-19-12(2,3)13(4,5)20-14/h6-7H,1-5H3. The monoisotopic (exact) mass is 281 g/mol. The summed E-state index contributed by atoms with van der Waals surface area (Å²) < 4.78 is 25.4. The molecular weight excluding hydrogens is 264 g/mol. The molecule has 20 heavy (non-hydrogen) atoms. The zero-order chi connectivity index (χ0) is 15.3. The largest absolute Gasteiger partial charge is 0.495 e. The van der Waals surface area contributed by atoms with Gasteiger partial charge in [0.05, 0.1) is 21.7 Å². The predicted octanol–water partition coefficient (Wildman–Crippen LogP) is 2.34. The molecule has 1 saturated heterocycles. The molecule has 5 nitrogen and oxygen atoms in total. The number of nitro benzene ring substituents is 1. The maximum atomic E-state index is 13.8. The highest BCUT2D eigenvalue weighted by Crippen LogP contribution is 2.36. The third-order valence-electron chi connectivity index (χ3n) is 4.06. The van der Waals surface area contributed by atoms with E-state index in [1.165, 1.54) is 19.1 Å². The molecule has 7 heteroatoms. The molecule has 0 amide bonds. The van der Waals surface area contributed by atoms with E-state index >= 15 is 0 Å². The summed E-state index contributed by atoms with van der Waals surface area (Å²) in [6, 6.07) is 2.53. The lowest BCUT2D eigenvalue weighted by molar-refractivity contribution is -0.385. The fraction of sp³-hybridized carbons (Fsp3) is 0.538. The van der Waals surface area contributed by atoms with Gasteiger partial charge in [-0.15, -0.1) is 0 Å². The molecule has 1 aromatic carbocycles. The van der Waals surface area contributed by atoms with Gasteiger partial charge < -0.3 is 9.31 Å². The Morgan fingerprint density at radius 1 is 1.20 bits per heavy atom. The quantitative estimate of drug-likeness (QED) is 0.474. The Bertz CT molecular complexity index is 558. The second-order valence-corrected chi connectivity index (χ2v) is 5.99. The number of halogens is 1. The van der Waals surface area contributed by atoms with E-state index in [1.54, 1.807) is 0 Å². The summed E-state index contributed by atoms with van der Waals surface area (Å²) >= 11 is 0. The second kappa shape index (κ2) is 4.53. The van der Waals surface area contributed by atoms with E-state index in [0.717, 1.165) is 0 Å². The van der Waals surface area contributed by atoms with Crippen LogP contribution in [0, 0.1) is 22.9 Å². The van der Waals surface area contributed by atoms with Crippen molar-refractivity contribution < 1.29 is 18.6 Å². The number of nitro groups is 1. The highest BCUT2D eigenvalue weighted by atomic mass is 19.1. The van der Waals surface area contributed by atoms with Crippen LogP contribution in [0.15, 0.2) is 12.1 Å². The van der Waals surface area contributed by atoms with Crippen LogP contribution in [0.1, 0.15) is 33.3 Å². The van der Waals surface area contributed by atoms with Crippen molar-refractivity contribution in [2.75, 3.05) is 0 Å². The van der Waals surface area contributed by atoms with Gasteiger partial charge in [0, 0.05) is 6.07 Å². The number of hydrogen-bond acceptors (Lipinski definition) is 4. The molecule has 1 aliphatic heterocycles. The normalized spacial score (nSPS) is 20.2. The Morgan fingerprint density at radius 3 is 2.15 bits per heavy atom. The zero-order valence-electron chi connectivity index (χ0n) is 12.2. The van der Waals surface area contributed by atoms with Crippen LogP contribution in [0.25, 0.3) is 0 Å². The number of benzene rings is 1. The first-order chi connectivity index (χ1) is 9.05. The van der Waals surface area contributed by atoms with Crippen LogP contribution in [-0.4, -0.2) is 23.2 Å². The van der Waals surface area contributed by atoms with Crippen molar-refractivity contribution in [3.63, 3.8) is 0 Å². The van der Waals surface area contributed by atoms with Crippen LogP contribution in [0.3, 0.4) is 0 Å². The van der Waals surface area contributed by atoms with Crippen LogP contribution in [0.4, 0.5) is 10.1 Å². The summed E-state index contributed by atoms with van der Waals surface area (Å²) in [5.74, 6) is -0.635. The lowest BCUT2D eigenvalue weighted by Crippen LogP contribution is -2.41. The lowest BCUT2D eigenvalue weighted by atomic mass is 9.78. The van der Waals surface area contributed by atoms with Crippen LogP contribution in [-0.2, 0) is 9.31 Å². The molecule has 108 valence electrons. The van der Waals surface area contributed by atoms with Crippen molar-refractivity contribution in [2.24, 2.45) is 0 Å². The van der Waals surface area contributed by atoms with E-state index in [2.05, 4.69) is 0 Å². The van der Waals surface area contributed by atoms with Crippen molar-refractivity contribution in [3.05, 3.63) is 33.6 Å². The van der Waals surface area contributed by atoms with Crippen LogP contribution < -0.4 is 5.46 Å². The van der Waals surface area contributed by atoms with Crippen molar-refractivity contribution in [1.29, 1.82) is 0 Å². The SMILES string of the molecule is Cc1c(F)cc(B2OC(C)(C)C(C)(C)O2)cc1[N+](=O)[O-]. The number of rotatable bonds is 2. The van der Waals surface area contributed by atoms with E-state index < -0.39 is 29.1 Å². The predicted molar refractivity (Wildman–Crippen MR) is 73.5 cm³/mol. The Balaban J connectivity index is 2.43. The van der Waals surface area contributed by atoms with E-state index in [0.29, 0.717) is 5.46 Å². The maximum absolute atomic E-state index is 13.8. The molecule has 0 spiro atoms. The molecule has 0 N–H and O–H groups in total. The minimum absolute atomic E-state index is 0.00951. The van der Waals surface area contributed by atoms with Crippen molar-refractivity contribution in [1.82, 2.24) is 0 Å². The molecule has 0 saturated carbocycles. The molecule has 2 rings (SSSR count). The first-order valence-electron chi connectivity index (χ1n) is 6.35. The van der Waals surface area contributed by atoms with E-state index in [4.69, 9.17) is 9.31 Å². The van der Waals surface area contributed by atoms with Crippen molar-refractivity contribution in [2.45, 2.75) is 45.8 Å². The van der Waals surface area contributed by atoms with Gasteiger partial charge in [0.2, 0.25) is 0 Å². The molecular formula is C13H17BFNO4. The molecule has 0 aliphatic carbocycles. The Labute approximate surface area is 117 Å². The first-order valence-corrected chi connectivity index (χ1v) is 6.35. The Morgan fingerprint density at radius 2 is 1.70 bits per heavy atom. The minimum Gasteiger partial charge on any atom is -0.399 e. The van der Waals surface area contributed by atoms with Gasteiger partial charge in [-0.1, -0.05) is 0 Å². The van der Waals surface area contributed by atoms with E-state index in [9.17, 15) is 14.5 Å². The third-order valence-corrected chi connectivity index (χ3v) is 4.06. The maximum Gasteiger partial charge on any atom is 0.495 e. The molecule has 1 aliphatic rings. The summed E-state index contributed by atoms with van der Waals surface area (Å²) in [5, 5.41) is 11.0. The van der Waals surface area contributed by atoms with Gasteiger partial charge >= 0.3 is 7.12 Å². The molecule has 1 heterocycles. The minimum atomic E-state index is -0.811. The molecule has 0 bridgehead atoms. The van der Waals surface area contributed by atoms with Crippen LogP contribution >= 0.6 is 0 Å². The summed E-state index contributed by atoms with van der Waals surface area (Å²) in [4.78, 5) is 10.3. The van der Waals surface area contributed by atoms with E-state index in [-0.39, 0.29) is 11.3 Å². The van der Waals surface area contributed by atoms with Gasteiger partial charge in [0.25, 0.3) is 5.69 Å². The molecule has 0 radical (unpaired) electrons. The average Bonchev–Trinajstić information content (AvgIpc) is 2.51. The second-order valence-electron chi connectivity index (χ2n) is 5.99. The summed E-state index contributed by atoms with van der Waals surface area (Å²) in [6.07, 6.45) is 0. The molecule has 1 fully saturated rings. The molecule has 0 aromatic heterocycles. The van der Waals surface area contributed by atoms with Crippen molar-refractivity contribution in [3.8, 4) is 0 Å². The molecule has 0 atom stereocenters. The third kappa shape index (κ3) is 2.31. The Kier molecular flexibility index (Phi) is 3.38. The van der Waals surface area contributed by atoms with Crippen molar-refractivity contribution >= 4 is 18.3 Å². The van der Waals surface area contributed by atoms with Gasteiger partial charge in [-0.3, -0.25) is 10.1 Å². The smallest absolute Gasteiger partial charge is 0.399 e. The van der Waals surface area contributed by atoms with Gasteiger partial charge in [-0.05, 0) is 46.1 Å². The highest BCUT2D eigenvalue weighted by Gasteiger charge is 2.52. The highest BCUT2D eigenvalue weighted by molar-refractivity contribution is 6.62. The fourth-order valence-corrected chi connectivity index (χ4v) is 1.99. The topological polar surface area (TPSA) is 61.6 Å². The summed E-state index contributed by atoms with van der Waals surface area (Å²) in [7, 11) is -0.811. The molecule has 1 aromatic rings. The summed E-state index contributed by atoms with van der Waals surface area (Å²) in [6.45, 7) is 8.84. The van der Waals surface area contributed by atoms with Gasteiger partial charge in [0.15, 0.2) is 0 Å². The van der Waals surface area contributed by atoms with Crippen LogP contribution in [0.2, 0.25) is 0 Å². The number of hydrogen-bond donors (Lipinski definition) is 0. The average molecular weight is 281 g/mol. The van der Waals surface area contributed by atoms with Crippen LogP contribution in [0.5, 0.6) is 0 Å². The zero-order valence-corrected chi connectivity index (χ0v) is 12.2. The van der Waals surface area contributed by atoms with Gasteiger partial charge in [-0.2, -0.15) is 0 Å². The fourth-order valence-electron chi connectivity index (χ4n) is 1.99. The molecule has 0 unspecified atom stereocenters. The lowest BCUT2D eigenvalue weighted by Gasteiger charge is -2.32. The van der Waals surface area contributed by atoms with E-state index in [1.807, 2.05) is 27.7 Å². The van der Waals surface area contributed by atoms with Gasteiger partial charge in [-0.25, -0.2) is 4.39 Å². The van der Waals surface area contributed by atoms with Gasteiger partial charge in [0.1, 0.15) is 5.82 Å².